The largest absolute Gasteiger partial charge is 0.458 e. The molecular weight excluding hydrogens is 881 g/mol. The number of ether oxygens (including phenoxy) is 8. The van der Waals surface area contributed by atoms with Gasteiger partial charge in [0.1, 0.15) is 35.0 Å². The van der Waals surface area contributed by atoms with Crippen LogP contribution in [0.25, 0.3) is 0 Å². The van der Waals surface area contributed by atoms with Crippen molar-refractivity contribution in [1.82, 2.24) is 14.7 Å². The number of cyclic esters (lactones) is 1. The number of Topliss-reactive ketones (excluding diaryl/α,β-unsaturated/α-hetero) is 2. The van der Waals surface area contributed by atoms with Crippen molar-refractivity contribution in [2.75, 3.05) is 47.4 Å². The van der Waals surface area contributed by atoms with E-state index in [4.69, 9.17) is 43.6 Å². The number of hydrogen-bond donors (Lipinski definition) is 3. The number of esters is 1. The molecule has 68 heavy (non-hydrogen) atoms. The summed E-state index contributed by atoms with van der Waals surface area (Å²) in [7, 11) is 5.02. The Kier molecular flexibility index (Phi) is 19.7. The van der Waals surface area contributed by atoms with Gasteiger partial charge in [0.25, 0.3) is 0 Å². The Morgan fingerprint density at radius 1 is 0.926 bits per heavy atom. The third-order valence-electron chi connectivity index (χ3n) is 16.0. The fourth-order valence-corrected chi connectivity index (χ4v) is 11.8. The van der Waals surface area contributed by atoms with E-state index in [1.54, 1.807) is 55.6 Å². The summed E-state index contributed by atoms with van der Waals surface area (Å²) in [4.78, 5) is 61.8. The Labute approximate surface area is 406 Å². The minimum Gasteiger partial charge on any atom is -0.458 e. The van der Waals surface area contributed by atoms with E-state index in [1.165, 1.54) is 18.9 Å². The van der Waals surface area contributed by atoms with Gasteiger partial charge in [-0.3, -0.25) is 24.2 Å². The highest BCUT2D eigenvalue weighted by Gasteiger charge is 2.62. The number of methoxy groups -OCH3 is 2. The minimum atomic E-state index is -1.54. The second-order valence-corrected chi connectivity index (χ2v) is 21.9. The molecule has 4 aliphatic rings. The number of carbonyl (C=O) groups is 4. The normalized spacial score (nSPS) is 42.4. The molecule has 394 valence electrons. The van der Waals surface area contributed by atoms with Gasteiger partial charge in [0, 0.05) is 76.2 Å². The topological polar surface area (TPSA) is 218 Å². The van der Waals surface area contributed by atoms with E-state index in [0.717, 1.165) is 6.54 Å². The molecule has 4 N–H and O–H groups in total. The maximum Gasteiger partial charge on any atom is 0.411 e. The van der Waals surface area contributed by atoms with Gasteiger partial charge in [0.15, 0.2) is 18.2 Å². The highest BCUT2D eigenvalue weighted by Crippen LogP contribution is 2.46. The van der Waals surface area contributed by atoms with Gasteiger partial charge < -0.3 is 58.7 Å². The quantitative estimate of drug-likeness (QED) is 0.184. The summed E-state index contributed by atoms with van der Waals surface area (Å²) in [5.74, 6) is -4.74. The molecular formula is C50H90N4O14. The SMILES string of the molecule is CC[C@H]1OC(=O)[C@H](C)[C@@H](O[C@H]2C[C@@](C)(OC)[C@@](O)(CN(C)CCN(C(C)C)C(C)C)[C@H](C)O2)[C@H](C)[C@@H](O[C@@H]2O[C@H](C)C[C@H](N)[C@H]2O)[C@@](C)(OC)C[C@@H](C)C(=O)[C@H](C)[C@H]2N(CC(C)=O)C(=O)O[C@]12C. The lowest BCUT2D eigenvalue weighted by atomic mass is 9.73. The molecule has 18 atom stereocenters. The van der Waals surface area contributed by atoms with Crippen molar-refractivity contribution < 1.29 is 67.3 Å². The summed E-state index contributed by atoms with van der Waals surface area (Å²) >= 11 is 0. The number of likely N-dealkylation sites (N-methyl/N-ethyl adjacent to an activating group) is 1. The number of amides is 1. The van der Waals surface area contributed by atoms with Crippen LogP contribution in [0, 0.1) is 23.7 Å². The maximum atomic E-state index is 14.9. The number of nitrogens with zero attached hydrogens (tertiary/aromatic N) is 3. The second-order valence-electron chi connectivity index (χ2n) is 21.9. The van der Waals surface area contributed by atoms with Crippen LogP contribution < -0.4 is 5.73 Å². The molecule has 0 bridgehead atoms. The molecule has 4 rings (SSSR count). The number of hydrogen-bond acceptors (Lipinski definition) is 17. The third kappa shape index (κ3) is 12.1. The summed E-state index contributed by atoms with van der Waals surface area (Å²) in [5.41, 5.74) is 0.831. The maximum absolute atomic E-state index is 14.9. The first-order valence-corrected chi connectivity index (χ1v) is 25.0. The highest BCUT2D eigenvalue weighted by molar-refractivity contribution is 5.87. The summed E-state index contributed by atoms with van der Waals surface area (Å²) in [6.07, 6.45) is -7.97. The molecule has 0 aliphatic carbocycles. The average Bonchev–Trinajstić information content (AvgIpc) is 3.50. The van der Waals surface area contributed by atoms with E-state index in [-0.39, 0.29) is 50.0 Å². The zero-order valence-corrected chi connectivity index (χ0v) is 44.6. The van der Waals surface area contributed by atoms with Crippen LogP contribution in [0.2, 0.25) is 0 Å². The molecule has 0 aromatic heterocycles. The van der Waals surface area contributed by atoms with Crippen molar-refractivity contribution in [1.29, 1.82) is 0 Å². The van der Waals surface area contributed by atoms with Gasteiger partial charge in [-0.1, -0.05) is 27.7 Å². The Hall–Kier alpha value is -2.36. The summed E-state index contributed by atoms with van der Waals surface area (Å²) in [5, 5.41) is 24.1. The van der Waals surface area contributed by atoms with Crippen molar-refractivity contribution in [3.8, 4) is 0 Å². The Balaban J connectivity index is 1.84. The fraction of sp³-hybridized carbons (Fsp3) is 0.920. The Bertz CT molecular complexity index is 1720. The number of nitrogens with two attached hydrogens (primary N) is 1. The minimum absolute atomic E-state index is 0.0554. The first-order chi connectivity index (χ1) is 31.4. The van der Waals surface area contributed by atoms with Crippen molar-refractivity contribution in [2.45, 2.75) is 225 Å². The number of ketones is 2. The zero-order valence-electron chi connectivity index (χ0n) is 44.6. The third-order valence-corrected chi connectivity index (χ3v) is 16.0. The number of carbonyl (C=O) groups excluding carboxylic acids is 4. The number of aliphatic hydroxyl groups excluding tert-OH is 1. The molecule has 0 aromatic rings. The average molecular weight is 971 g/mol. The van der Waals surface area contributed by atoms with Gasteiger partial charge in [0.05, 0.1) is 48.5 Å². The van der Waals surface area contributed by atoms with Gasteiger partial charge in [-0.2, -0.15) is 0 Å². The summed E-state index contributed by atoms with van der Waals surface area (Å²) in [6, 6.07) is -0.974. The molecule has 0 radical (unpaired) electrons. The van der Waals surface area contributed by atoms with Gasteiger partial charge in [-0.15, -0.1) is 0 Å². The molecule has 0 saturated carbocycles. The van der Waals surface area contributed by atoms with E-state index >= 15 is 0 Å². The van der Waals surface area contributed by atoms with Gasteiger partial charge in [0.2, 0.25) is 0 Å². The van der Waals surface area contributed by atoms with Crippen LogP contribution in [-0.2, 0) is 52.3 Å². The van der Waals surface area contributed by atoms with Crippen molar-refractivity contribution in [2.24, 2.45) is 29.4 Å². The van der Waals surface area contributed by atoms with Crippen LogP contribution in [-0.4, -0.2) is 192 Å². The molecule has 4 fully saturated rings. The Morgan fingerprint density at radius 3 is 2.09 bits per heavy atom. The molecule has 4 saturated heterocycles. The predicted octanol–water partition coefficient (Wildman–Crippen LogP) is 4.31. The van der Waals surface area contributed by atoms with E-state index < -0.39 is 113 Å². The smallest absolute Gasteiger partial charge is 0.411 e. The zero-order chi connectivity index (χ0) is 51.6. The second kappa shape index (κ2) is 23.0. The van der Waals surface area contributed by atoms with E-state index in [2.05, 4.69) is 37.5 Å². The summed E-state index contributed by atoms with van der Waals surface area (Å²) < 4.78 is 51.8. The van der Waals surface area contributed by atoms with Crippen LogP contribution in [0.5, 0.6) is 0 Å². The number of aliphatic hydroxyl groups is 2. The van der Waals surface area contributed by atoms with Crippen LogP contribution in [0.4, 0.5) is 4.79 Å². The van der Waals surface area contributed by atoms with E-state index in [0.29, 0.717) is 25.0 Å². The van der Waals surface area contributed by atoms with Gasteiger partial charge in [-0.25, -0.2) is 4.79 Å². The molecule has 4 aliphatic heterocycles. The van der Waals surface area contributed by atoms with Crippen LogP contribution in [0.15, 0.2) is 0 Å². The monoisotopic (exact) mass is 971 g/mol. The molecule has 0 spiro atoms. The van der Waals surface area contributed by atoms with Gasteiger partial charge in [-0.05, 0) is 102 Å². The molecule has 18 nitrogen and oxygen atoms in total. The van der Waals surface area contributed by atoms with Crippen molar-refractivity contribution >= 4 is 23.6 Å². The molecule has 1 amide bonds. The van der Waals surface area contributed by atoms with E-state index in [9.17, 15) is 29.4 Å². The lowest BCUT2D eigenvalue weighted by Gasteiger charge is -2.54. The number of fused-ring (bicyclic) bond motifs is 1. The van der Waals surface area contributed by atoms with Crippen molar-refractivity contribution in [3.63, 3.8) is 0 Å². The summed E-state index contributed by atoms with van der Waals surface area (Å²) in [6.45, 7) is 29.1. The fourth-order valence-electron chi connectivity index (χ4n) is 11.8. The van der Waals surface area contributed by atoms with Crippen LogP contribution >= 0.6 is 0 Å². The predicted molar refractivity (Wildman–Crippen MR) is 254 cm³/mol. The number of rotatable bonds is 16. The lowest BCUT2D eigenvalue weighted by molar-refractivity contribution is -0.338. The Morgan fingerprint density at radius 2 is 1.54 bits per heavy atom. The standard InChI is InChI=1S/C50H90N4O14/c1-19-37-49(15)42(54(25-30(7)55)46(59)68-49)32(9)39(56)29(6)23-47(13,61-17)43(67-45-40(57)36(51)22-31(8)63-45)33(10)41(34(11)44(58)65-37)66-38-24-48(14,62-18)50(60,35(12)64-38)26-52(16)20-21-53(27(2)3)28(4)5/h27-29,31-38,40-43,45,57,60H,19-26,51H2,1-18H3/t29-,31-,32+,33+,34-,35+,36+,37-,38+,40-,41+,42-,43-,45+,47+,48-,49-,50-/m1/s1. The van der Waals surface area contributed by atoms with E-state index in [1.807, 2.05) is 27.8 Å². The first kappa shape index (κ1) is 58.2. The highest BCUT2D eigenvalue weighted by atomic mass is 16.7. The van der Waals surface area contributed by atoms with Crippen LogP contribution in [0.3, 0.4) is 0 Å². The van der Waals surface area contributed by atoms with Crippen molar-refractivity contribution in [3.05, 3.63) is 0 Å². The van der Waals surface area contributed by atoms with Gasteiger partial charge >= 0.3 is 12.1 Å². The lowest BCUT2D eigenvalue weighted by Crippen LogP contribution is -2.70. The first-order valence-electron chi connectivity index (χ1n) is 25.0. The molecule has 0 aromatic carbocycles. The molecule has 18 heteroatoms. The van der Waals surface area contributed by atoms with Crippen LogP contribution in [0.1, 0.15) is 130 Å². The molecule has 4 heterocycles. The molecule has 0 unspecified atom stereocenters.